The molecule has 0 aliphatic carbocycles. The lowest BCUT2D eigenvalue weighted by atomic mass is 9.96. The van der Waals surface area contributed by atoms with Gasteiger partial charge in [0.15, 0.2) is 5.82 Å². The highest BCUT2D eigenvalue weighted by Crippen LogP contribution is 2.26. The van der Waals surface area contributed by atoms with E-state index in [4.69, 9.17) is 5.11 Å². The molecule has 0 unspecified atom stereocenters. The van der Waals surface area contributed by atoms with E-state index in [0.29, 0.717) is 18.9 Å². The zero-order chi connectivity index (χ0) is 13.9. The van der Waals surface area contributed by atoms with Gasteiger partial charge in [-0.15, -0.1) is 0 Å². The highest BCUT2D eigenvalue weighted by atomic mass is 16.4. The van der Waals surface area contributed by atoms with Crippen LogP contribution in [0.5, 0.6) is 0 Å². The van der Waals surface area contributed by atoms with Crippen LogP contribution in [-0.4, -0.2) is 44.4 Å². The Morgan fingerprint density at radius 2 is 1.95 bits per heavy atom. The summed E-state index contributed by atoms with van der Waals surface area (Å²) in [5, 5.41) is 16.2. The molecule has 20 heavy (non-hydrogen) atoms. The molecule has 2 heterocycles. The minimum atomic E-state index is -0.842. The van der Waals surface area contributed by atoms with Crippen molar-refractivity contribution in [3.8, 4) is 11.4 Å². The van der Waals surface area contributed by atoms with E-state index >= 15 is 0 Å². The fraction of sp³-hybridized carbons (Fsp3) is 0.357. The molecule has 0 atom stereocenters. The molecule has 1 aromatic carbocycles. The minimum absolute atomic E-state index is 0.260. The molecule has 2 N–H and O–H groups in total. The van der Waals surface area contributed by atoms with E-state index in [0.717, 1.165) is 24.2 Å². The summed E-state index contributed by atoms with van der Waals surface area (Å²) >= 11 is 0. The molecule has 0 bridgehead atoms. The van der Waals surface area contributed by atoms with Gasteiger partial charge < -0.3 is 10.0 Å². The van der Waals surface area contributed by atoms with Gasteiger partial charge in [0.05, 0.1) is 0 Å². The van der Waals surface area contributed by atoms with Crippen molar-refractivity contribution in [2.45, 2.75) is 18.8 Å². The maximum atomic E-state index is 10.9. The van der Waals surface area contributed by atoms with Gasteiger partial charge in [-0.1, -0.05) is 30.3 Å². The second kappa shape index (κ2) is 5.32. The molecular weight excluding hydrogens is 256 g/mol. The van der Waals surface area contributed by atoms with Crippen LogP contribution < -0.4 is 0 Å². The number of piperidine rings is 1. The van der Waals surface area contributed by atoms with Crippen LogP contribution in [0, 0.1) is 0 Å². The van der Waals surface area contributed by atoms with Crippen molar-refractivity contribution >= 4 is 6.09 Å². The maximum Gasteiger partial charge on any atom is 0.407 e. The van der Waals surface area contributed by atoms with E-state index in [9.17, 15) is 4.79 Å². The van der Waals surface area contributed by atoms with Gasteiger partial charge in [-0.25, -0.2) is 9.78 Å². The van der Waals surface area contributed by atoms with Crippen LogP contribution in [0.2, 0.25) is 0 Å². The third-order valence-corrected chi connectivity index (χ3v) is 3.69. The molecule has 104 valence electrons. The first-order valence-electron chi connectivity index (χ1n) is 6.69. The number of H-pyrrole nitrogens is 1. The zero-order valence-electron chi connectivity index (χ0n) is 11.0. The second-order valence-electron chi connectivity index (χ2n) is 4.95. The van der Waals surface area contributed by atoms with Gasteiger partial charge in [-0.3, -0.25) is 5.10 Å². The number of hydrogen-bond acceptors (Lipinski definition) is 3. The van der Waals surface area contributed by atoms with E-state index in [1.54, 1.807) is 0 Å². The Bertz CT molecular complexity index is 588. The minimum Gasteiger partial charge on any atom is -0.465 e. The molecule has 1 aliphatic heterocycles. The molecular formula is C14H16N4O2. The summed E-state index contributed by atoms with van der Waals surface area (Å²) in [6.45, 7) is 1.11. The van der Waals surface area contributed by atoms with Crippen molar-refractivity contribution in [1.82, 2.24) is 20.1 Å². The number of amides is 1. The fourth-order valence-corrected chi connectivity index (χ4v) is 2.52. The maximum absolute atomic E-state index is 10.9. The summed E-state index contributed by atoms with van der Waals surface area (Å²) in [6.07, 6.45) is 0.733. The van der Waals surface area contributed by atoms with Gasteiger partial charge in [0.25, 0.3) is 0 Å². The van der Waals surface area contributed by atoms with E-state index in [1.807, 2.05) is 30.3 Å². The molecule has 0 saturated carbocycles. The first-order chi connectivity index (χ1) is 9.74. The lowest BCUT2D eigenvalue weighted by Gasteiger charge is -2.28. The monoisotopic (exact) mass is 272 g/mol. The summed E-state index contributed by atoms with van der Waals surface area (Å²) in [5.74, 6) is 1.81. The first-order valence-corrected chi connectivity index (χ1v) is 6.69. The topological polar surface area (TPSA) is 82.1 Å². The molecule has 1 saturated heterocycles. The number of carboxylic acid groups (broad SMARTS) is 1. The largest absolute Gasteiger partial charge is 0.465 e. The van der Waals surface area contributed by atoms with Crippen molar-refractivity contribution in [1.29, 1.82) is 0 Å². The molecule has 1 aliphatic rings. The van der Waals surface area contributed by atoms with Crippen LogP contribution in [-0.2, 0) is 0 Å². The van der Waals surface area contributed by atoms with E-state index < -0.39 is 6.09 Å². The van der Waals surface area contributed by atoms with Gasteiger partial charge in [-0.05, 0) is 12.8 Å². The highest BCUT2D eigenvalue weighted by Gasteiger charge is 2.25. The number of benzene rings is 1. The lowest BCUT2D eigenvalue weighted by Crippen LogP contribution is -2.37. The number of nitrogens with zero attached hydrogens (tertiary/aromatic N) is 3. The Balaban J connectivity index is 1.71. The molecule has 6 heteroatoms. The van der Waals surface area contributed by atoms with Gasteiger partial charge >= 0.3 is 6.09 Å². The molecule has 1 aromatic heterocycles. The summed E-state index contributed by atoms with van der Waals surface area (Å²) in [7, 11) is 0. The summed E-state index contributed by atoms with van der Waals surface area (Å²) in [4.78, 5) is 16.9. The number of nitrogens with one attached hydrogen (secondary N) is 1. The van der Waals surface area contributed by atoms with Crippen LogP contribution >= 0.6 is 0 Å². The third kappa shape index (κ3) is 2.49. The quantitative estimate of drug-likeness (QED) is 0.879. The number of aromatic nitrogens is 3. The standard InChI is InChI=1S/C14H16N4O2/c19-14(20)18-8-6-11(7-9-18)13-15-12(16-17-13)10-4-2-1-3-5-10/h1-5,11H,6-9H2,(H,19,20)(H,15,16,17). The Kier molecular flexibility index (Phi) is 3.37. The zero-order valence-corrected chi connectivity index (χ0v) is 11.0. The third-order valence-electron chi connectivity index (χ3n) is 3.69. The Hall–Kier alpha value is -2.37. The summed E-state index contributed by atoms with van der Waals surface area (Å²) in [6, 6.07) is 9.81. The van der Waals surface area contributed by atoms with Crippen molar-refractivity contribution < 1.29 is 9.90 Å². The predicted molar refractivity (Wildman–Crippen MR) is 73.4 cm³/mol. The Morgan fingerprint density at radius 1 is 1.25 bits per heavy atom. The van der Waals surface area contributed by atoms with E-state index in [1.165, 1.54) is 4.90 Å². The second-order valence-corrected chi connectivity index (χ2v) is 4.95. The molecule has 3 rings (SSSR count). The normalized spacial score (nSPS) is 16.3. The molecule has 1 amide bonds. The fourth-order valence-electron chi connectivity index (χ4n) is 2.52. The van der Waals surface area contributed by atoms with Gasteiger partial charge in [0, 0.05) is 24.6 Å². The van der Waals surface area contributed by atoms with Crippen LogP contribution in [0.4, 0.5) is 4.79 Å². The van der Waals surface area contributed by atoms with Gasteiger partial charge in [0.1, 0.15) is 5.82 Å². The van der Waals surface area contributed by atoms with Crippen LogP contribution in [0.15, 0.2) is 30.3 Å². The van der Waals surface area contributed by atoms with Crippen LogP contribution in [0.1, 0.15) is 24.6 Å². The average Bonchev–Trinajstić information content (AvgIpc) is 2.98. The van der Waals surface area contributed by atoms with Crippen molar-refractivity contribution in [2.75, 3.05) is 13.1 Å². The van der Waals surface area contributed by atoms with E-state index in [2.05, 4.69) is 15.2 Å². The van der Waals surface area contributed by atoms with Crippen LogP contribution in [0.25, 0.3) is 11.4 Å². The molecule has 0 radical (unpaired) electrons. The Labute approximate surface area is 116 Å². The summed E-state index contributed by atoms with van der Waals surface area (Å²) < 4.78 is 0. The Morgan fingerprint density at radius 3 is 2.60 bits per heavy atom. The number of carbonyl (C=O) groups is 1. The van der Waals surface area contributed by atoms with Crippen molar-refractivity contribution in [3.63, 3.8) is 0 Å². The van der Waals surface area contributed by atoms with Crippen molar-refractivity contribution in [3.05, 3.63) is 36.2 Å². The van der Waals surface area contributed by atoms with Gasteiger partial charge in [0.2, 0.25) is 0 Å². The number of aromatic amines is 1. The molecule has 6 nitrogen and oxygen atoms in total. The average molecular weight is 272 g/mol. The number of likely N-dealkylation sites (tertiary alicyclic amines) is 1. The highest BCUT2D eigenvalue weighted by molar-refractivity contribution is 5.65. The number of hydrogen-bond donors (Lipinski definition) is 2. The lowest BCUT2D eigenvalue weighted by molar-refractivity contribution is 0.131. The predicted octanol–water partition coefficient (Wildman–Crippen LogP) is 2.33. The SMILES string of the molecule is O=C(O)N1CCC(c2nc(-c3ccccc3)n[nH]2)CC1. The van der Waals surface area contributed by atoms with Crippen molar-refractivity contribution in [2.24, 2.45) is 0 Å². The molecule has 1 fully saturated rings. The summed E-state index contributed by atoms with van der Waals surface area (Å²) in [5.41, 5.74) is 0.984. The number of rotatable bonds is 2. The first kappa shape index (κ1) is 12.7. The van der Waals surface area contributed by atoms with E-state index in [-0.39, 0.29) is 5.92 Å². The van der Waals surface area contributed by atoms with Crippen LogP contribution in [0.3, 0.4) is 0 Å². The molecule has 0 spiro atoms. The van der Waals surface area contributed by atoms with Gasteiger partial charge in [-0.2, -0.15) is 5.10 Å². The molecule has 2 aromatic rings. The smallest absolute Gasteiger partial charge is 0.407 e.